The van der Waals surface area contributed by atoms with Gasteiger partial charge < -0.3 is 9.47 Å². The van der Waals surface area contributed by atoms with E-state index < -0.39 is 6.10 Å². The molecule has 0 spiro atoms. The van der Waals surface area contributed by atoms with Gasteiger partial charge in [0.15, 0.2) is 5.78 Å². The van der Waals surface area contributed by atoms with Crippen LogP contribution in [-0.4, -0.2) is 25.1 Å². The number of hydrogen-bond donors (Lipinski definition) is 0. The number of benzene rings is 1. The summed E-state index contributed by atoms with van der Waals surface area (Å²) in [6.07, 6.45) is 2.28. The van der Waals surface area contributed by atoms with Crippen molar-refractivity contribution in [3.8, 4) is 5.75 Å². The van der Waals surface area contributed by atoms with Crippen LogP contribution in [0.4, 0.5) is 0 Å². The number of carbonyl (C=O) groups excluding carboxylic acids is 1. The number of ketones is 1. The van der Waals surface area contributed by atoms with E-state index in [2.05, 4.69) is 0 Å². The SMILES string of the molecule is COC(C)C(=O)c1ccc(OC2CC2)cc1. The van der Waals surface area contributed by atoms with Crippen molar-refractivity contribution in [2.75, 3.05) is 7.11 Å². The zero-order valence-electron chi connectivity index (χ0n) is 9.60. The molecule has 0 saturated heterocycles. The van der Waals surface area contributed by atoms with Gasteiger partial charge in [0.1, 0.15) is 11.9 Å². The average Bonchev–Trinajstić information content (AvgIpc) is 3.12. The fraction of sp³-hybridized carbons (Fsp3) is 0.462. The normalized spacial score (nSPS) is 16.9. The predicted molar refractivity (Wildman–Crippen MR) is 60.9 cm³/mol. The Balaban J connectivity index is 2.02. The largest absolute Gasteiger partial charge is 0.490 e. The van der Waals surface area contributed by atoms with Crippen molar-refractivity contribution in [3.63, 3.8) is 0 Å². The fourth-order valence-electron chi connectivity index (χ4n) is 1.42. The molecule has 1 fully saturated rings. The minimum absolute atomic E-state index is 0.000437. The summed E-state index contributed by atoms with van der Waals surface area (Å²) >= 11 is 0. The number of hydrogen-bond acceptors (Lipinski definition) is 3. The Hall–Kier alpha value is -1.35. The van der Waals surface area contributed by atoms with Gasteiger partial charge in [0.2, 0.25) is 0 Å². The van der Waals surface area contributed by atoms with Gasteiger partial charge in [-0.2, -0.15) is 0 Å². The molecule has 0 N–H and O–H groups in total. The lowest BCUT2D eigenvalue weighted by atomic mass is 10.1. The molecule has 0 aromatic heterocycles. The molecule has 0 aliphatic heterocycles. The molecule has 1 aromatic rings. The first-order valence-corrected chi connectivity index (χ1v) is 5.54. The minimum atomic E-state index is -0.393. The van der Waals surface area contributed by atoms with Crippen LogP contribution >= 0.6 is 0 Å². The maximum absolute atomic E-state index is 11.8. The van der Waals surface area contributed by atoms with Gasteiger partial charge in [-0.05, 0) is 44.0 Å². The Morgan fingerprint density at radius 2 is 1.94 bits per heavy atom. The van der Waals surface area contributed by atoms with Crippen LogP contribution in [0.3, 0.4) is 0 Å². The van der Waals surface area contributed by atoms with Crippen molar-refractivity contribution >= 4 is 5.78 Å². The van der Waals surface area contributed by atoms with Crippen molar-refractivity contribution in [1.29, 1.82) is 0 Å². The van der Waals surface area contributed by atoms with E-state index in [0.29, 0.717) is 11.7 Å². The molecule has 3 nitrogen and oxygen atoms in total. The number of carbonyl (C=O) groups is 1. The Labute approximate surface area is 95.4 Å². The zero-order chi connectivity index (χ0) is 11.5. The van der Waals surface area contributed by atoms with Crippen LogP contribution in [0.2, 0.25) is 0 Å². The summed E-state index contributed by atoms with van der Waals surface area (Å²) in [5.41, 5.74) is 0.664. The molecule has 1 aromatic carbocycles. The Morgan fingerprint density at radius 1 is 1.31 bits per heavy atom. The van der Waals surface area contributed by atoms with Crippen LogP contribution < -0.4 is 4.74 Å². The molecule has 0 bridgehead atoms. The molecule has 3 heteroatoms. The molecule has 86 valence electrons. The molecule has 2 rings (SSSR count). The van der Waals surface area contributed by atoms with Gasteiger partial charge in [0.05, 0.1) is 6.10 Å². The monoisotopic (exact) mass is 220 g/mol. The number of methoxy groups -OCH3 is 1. The Bertz CT molecular complexity index is 365. The van der Waals surface area contributed by atoms with Crippen LogP contribution in [0.25, 0.3) is 0 Å². The van der Waals surface area contributed by atoms with Crippen LogP contribution in [0.5, 0.6) is 5.75 Å². The van der Waals surface area contributed by atoms with Crippen LogP contribution in [-0.2, 0) is 4.74 Å². The van der Waals surface area contributed by atoms with E-state index in [0.717, 1.165) is 18.6 Å². The highest BCUT2D eigenvalue weighted by atomic mass is 16.5. The van der Waals surface area contributed by atoms with E-state index >= 15 is 0 Å². The maximum atomic E-state index is 11.8. The fourth-order valence-corrected chi connectivity index (χ4v) is 1.42. The van der Waals surface area contributed by atoms with Gasteiger partial charge in [-0.1, -0.05) is 0 Å². The van der Waals surface area contributed by atoms with E-state index in [-0.39, 0.29) is 5.78 Å². The number of Topliss-reactive ketones (excluding diaryl/α,β-unsaturated/α-hetero) is 1. The zero-order valence-corrected chi connectivity index (χ0v) is 9.60. The van der Waals surface area contributed by atoms with Gasteiger partial charge in [-0.3, -0.25) is 4.79 Å². The summed E-state index contributed by atoms with van der Waals surface area (Å²) in [7, 11) is 1.53. The molecule has 1 unspecified atom stereocenters. The van der Waals surface area contributed by atoms with E-state index in [1.54, 1.807) is 19.1 Å². The number of ether oxygens (including phenoxy) is 2. The quantitative estimate of drug-likeness (QED) is 0.715. The Kier molecular flexibility index (Phi) is 3.25. The molecule has 1 aliphatic carbocycles. The van der Waals surface area contributed by atoms with Crippen LogP contribution in [0.1, 0.15) is 30.1 Å². The lowest BCUT2D eigenvalue weighted by molar-refractivity contribution is 0.0655. The first-order chi connectivity index (χ1) is 7.70. The van der Waals surface area contributed by atoms with Crippen LogP contribution in [0.15, 0.2) is 24.3 Å². The molecule has 0 heterocycles. The summed E-state index contributed by atoms with van der Waals surface area (Å²) in [5.74, 6) is 0.838. The van der Waals surface area contributed by atoms with Crippen molar-refractivity contribution in [3.05, 3.63) is 29.8 Å². The third kappa shape index (κ3) is 2.61. The van der Waals surface area contributed by atoms with Crippen molar-refractivity contribution < 1.29 is 14.3 Å². The van der Waals surface area contributed by atoms with Crippen molar-refractivity contribution in [1.82, 2.24) is 0 Å². The van der Waals surface area contributed by atoms with Gasteiger partial charge in [0, 0.05) is 12.7 Å². The first-order valence-electron chi connectivity index (χ1n) is 5.54. The lowest BCUT2D eigenvalue weighted by Gasteiger charge is -2.09. The Morgan fingerprint density at radius 3 is 2.44 bits per heavy atom. The molecule has 1 atom stereocenters. The highest BCUT2D eigenvalue weighted by molar-refractivity contribution is 5.99. The van der Waals surface area contributed by atoms with E-state index in [1.807, 2.05) is 12.1 Å². The van der Waals surface area contributed by atoms with Gasteiger partial charge in [-0.15, -0.1) is 0 Å². The van der Waals surface area contributed by atoms with Crippen molar-refractivity contribution in [2.24, 2.45) is 0 Å². The summed E-state index contributed by atoms with van der Waals surface area (Å²) in [4.78, 5) is 11.8. The summed E-state index contributed by atoms with van der Waals surface area (Å²) in [6, 6.07) is 7.26. The molecule has 1 saturated carbocycles. The van der Waals surface area contributed by atoms with Crippen molar-refractivity contribution in [2.45, 2.75) is 32.0 Å². The van der Waals surface area contributed by atoms with Gasteiger partial charge >= 0.3 is 0 Å². The first kappa shape index (κ1) is 11.1. The maximum Gasteiger partial charge on any atom is 0.191 e. The summed E-state index contributed by atoms with van der Waals surface area (Å²) < 4.78 is 10.6. The second kappa shape index (κ2) is 4.66. The second-order valence-corrected chi connectivity index (χ2v) is 4.08. The molecule has 0 radical (unpaired) electrons. The van der Waals surface area contributed by atoms with E-state index in [1.165, 1.54) is 7.11 Å². The topological polar surface area (TPSA) is 35.5 Å². The molecule has 16 heavy (non-hydrogen) atoms. The van der Waals surface area contributed by atoms with Gasteiger partial charge in [0.25, 0.3) is 0 Å². The smallest absolute Gasteiger partial charge is 0.191 e. The molecule has 0 amide bonds. The molecule has 1 aliphatic rings. The second-order valence-electron chi connectivity index (χ2n) is 4.08. The molecular formula is C13H16O3. The predicted octanol–water partition coefficient (Wildman–Crippen LogP) is 2.45. The summed E-state index contributed by atoms with van der Waals surface area (Å²) in [5, 5.41) is 0. The standard InChI is InChI=1S/C13H16O3/c1-9(15-2)13(14)10-3-5-11(6-4-10)16-12-7-8-12/h3-6,9,12H,7-8H2,1-2H3. The van der Waals surface area contributed by atoms with Gasteiger partial charge in [-0.25, -0.2) is 0 Å². The summed E-state index contributed by atoms with van der Waals surface area (Å²) in [6.45, 7) is 1.75. The highest BCUT2D eigenvalue weighted by Gasteiger charge is 2.23. The minimum Gasteiger partial charge on any atom is -0.490 e. The molecular weight excluding hydrogens is 204 g/mol. The third-order valence-electron chi connectivity index (χ3n) is 2.69. The van der Waals surface area contributed by atoms with E-state index in [4.69, 9.17) is 9.47 Å². The van der Waals surface area contributed by atoms with E-state index in [9.17, 15) is 4.79 Å². The van der Waals surface area contributed by atoms with Crippen LogP contribution in [0, 0.1) is 0 Å². The lowest BCUT2D eigenvalue weighted by Crippen LogP contribution is -2.18. The highest BCUT2D eigenvalue weighted by Crippen LogP contribution is 2.26. The average molecular weight is 220 g/mol. The third-order valence-corrected chi connectivity index (χ3v) is 2.69. The number of rotatable bonds is 5.